The molecule has 0 saturated carbocycles. The topological polar surface area (TPSA) is 80.4 Å². The summed E-state index contributed by atoms with van der Waals surface area (Å²) in [5.41, 5.74) is 0.280. The number of aliphatic carboxylic acids is 1. The van der Waals surface area contributed by atoms with Gasteiger partial charge in [0.1, 0.15) is 0 Å². The Hall–Kier alpha value is -1.65. The molecule has 0 fully saturated rings. The molecule has 0 heterocycles. The summed E-state index contributed by atoms with van der Waals surface area (Å²) < 4.78 is 0. The third-order valence-corrected chi connectivity index (χ3v) is 3.68. The van der Waals surface area contributed by atoms with E-state index in [0.29, 0.717) is 12.8 Å². The number of carboxylic acids is 1. The number of rotatable bonds is 15. The van der Waals surface area contributed by atoms with Gasteiger partial charge in [0.25, 0.3) is 0 Å². The fourth-order valence-electron chi connectivity index (χ4n) is 2.29. The largest absolute Gasteiger partial charge is 0.481 e. The molecule has 0 aromatic heterocycles. The standard InChI is InChI=1S/C18H31NO4/c1-2-3-4-5-8-11-14-17(19(22)23)15-12-9-6-7-10-13-16-18(20)21/h8,11,15H,2-7,9-10,12-14,16H2,1H3,(H,20,21)/b11-8+,17-15-. The lowest BCUT2D eigenvalue weighted by molar-refractivity contribution is -0.427. The molecule has 0 aromatic rings. The number of unbranched alkanes of at least 4 members (excludes halogenated alkanes) is 8. The lowest BCUT2D eigenvalue weighted by Crippen LogP contribution is -1.97. The van der Waals surface area contributed by atoms with E-state index < -0.39 is 5.97 Å². The molecule has 0 aliphatic rings. The second-order valence-electron chi connectivity index (χ2n) is 5.82. The van der Waals surface area contributed by atoms with E-state index in [4.69, 9.17) is 5.11 Å². The predicted molar refractivity (Wildman–Crippen MR) is 92.9 cm³/mol. The molecule has 0 atom stereocenters. The number of hydrogen-bond acceptors (Lipinski definition) is 3. The first kappa shape index (κ1) is 21.4. The van der Waals surface area contributed by atoms with Crippen LogP contribution in [0.5, 0.6) is 0 Å². The van der Waals surface area contributed by atoms with Gasteiger partial charge in [-0.15, -0.1) is 0 Å². The fourth-order valence-corrected chi connectivity index (χ4v) is 2.29. The zero-order valence-corrected chi connectivity index (χ0v) is 14.3. The molecule has 0 amide bonds. The monoisotopic (exact) mass is 325 g/mol. The van der Waals surface area contributed by atoms with Crippen LogP contribution in [0.2, 0.25) is 0 Å². The highest BCUT2D eigenvalue weighted by Crippen LogP contribution is 2.11. The SMILES string of the molecule is CCCCC/C=C/C/C(=C/CCCCCCCC(=O)O)[N+](=O)[O-]. The van der Waals surface area contributed by atoms with E-state index in [1.165, 1.54) is 12.8 Å². The molecule has 0 aliphatic heterocycles. The summed E-state index contributed by atoms with van der Waals surface area (Å²) in [6, 6.07) is 0. The summed E-state index contributed by atoms with van der Waals surface area (Å²) in [5.74, 6) is -0.744. The van der Waals surface area contributed by atoms with E-state index in [0.717, 1.165) is 44.9 Å². The molecule has 0 spiro atoms. The Morgan fingerprint density at radius 2 is 1.65 bits per heavy atom. The molecule has 0 aliphatic carbocycles. The van der Waals surface area contributed by atoms with Crippen LogP contribution in [0.1, 0.15) is 84.0 Å². The minimum atomic E-state index is -0.744. The normalized spacial score (nSPS) is 12.0. The first-order chi connectivity index (χ1) is 11.1. The van der Waals surface area contributed by atoms with E-state index in [1.54, 1.807) is 6.08 Å². The Morgan fingerprint density at radius 1 is 1.00 bits per heavy atom. The van der Waals surface area contributed by atoms with Crippen LogP contribution >= 0.6 is 0 Å². The third kappa shape index (κ3) is 15.0. The second-order valence-corrected chi connectivity index (χ2v) is 5.82. The maximum atomic E-state index is 11.0. The van der Waals surface area contributed by atoms with Crippen molar-refractivity contribution in [1.82, 2.24) is 0 Å². The number of carboxylic acid groups (broad SMARTS) is 1. The van der Waals surface area contributed by atoms with Crippen LogP contribution in [-0.2, 0) is 4.79 Å². The summed E-state index contributed by atoms with van der Waals surface area (Å²) in [6.45, 7) is 2.16. The first-order valence-corrected chi connectivity index (χ1v) is 8.78. The van der Waals surface area contributed by atoms with Gasteiger partial charge in [0, 0.05) is 6.42 Å². The quantitative estimate of drug-likeness (QED) is 0.187. The molecular formula is C18H31NO4. The molecule has 5 heteroatoms. The third-order valence-electron chi connectivity index (χ3n) is 3.68. The minimum Gasteiger partial charge on any atom is -0.481 e. The predicted octanol–water partition coefficient (Wildman–Crippen LogP) is 5.49. The van der Waals surface area contributed by atoms with Crippen molar-refractivity contribution < 1.29 is 14.8 Å². The van der Waals surface area contributed by atoms with Gasteiger partial charge >= 0.3 is 5.97 Å². The van der Waals surface area contributed by atoms with Crippen molar-refractivity contribution in [2.45, 2.75) is 84.0 Å². The Balaban J connectivity index is 3.81. The molecule has 5 nitrogen and oxygen atoms in total. The summed E-state index contributed by atoms with van der Waals surface area (Å²) in [7, 11) is 0. The summed E-state index contributed by atoms with van der Waals surface area (Å²) in [6.07, 6.45) is 16.1. The van der Waals surface area contributed by atoms with E-state index >= 15 is 0 Å². The molecule has 0 saturated heterocycles. The van der Waals surface area contributed by atoms with E-state index in [-0.39, 0.29) is 17.0 Å². The van der Waals surface area contributed by atoms with E-state index in [2.05, 4.69) is 6.92 Å². The van der Waals surface area contributed by atoms with Crippen molar-refractivity contribution in [2.75, 3.05) is 0 Å². The van der Waals surface area contributed by atoms with Crippen LogP contribution in [0.4, 0.5) is 0 Å². The van der Waals surface area contributed by atoms with Crippen LogP contribution in [0.3, 0.4) is 0 Å². The molecular weight excluding hydrogens is 294 g/mol. The van der Waals surface area contributed by atoms with E-state index in [9.17, 15) is 14.9 Å². The van der Waals surface area contributed by atoms with Crippen LogP contribution < -0.4 is 0 Å². The molecule has 0 radical (unpaired) electrons. The van der Waals surface area contributed by atoms with Gasteiger partial charge in [-0.3, -0.25) is 14.9 Å². The smallest absolute Gasteiger partial charge is 0.303 e. The average molecular weight is 325 g/mol. The van der Waals surface area contributed by atoms with Crippen molar-refractivity contribution in [1.29, 1.82) is 0 Å². The minimum absolute atomic E-state index is 0.232. The lowest BCUT2D eigenvalue weighted by atomic mass is 10.1. The van der Waals surface area contributed by atoms with Crippen LogP contribution in [0, 0.1) is 10.1 Å². The number of nitro groups is 1. The molecule has 0 rings (SSSR count). The highest BCUT2D eigenvalue weighted by atomic mass is 16.6. The van der Waals surface area contributed by atoms with Crippen LogP contribution in [0.25, 0.3) is 0 Å². The van der Waals surface area contributed by atoms with Crippen LogP contribution in [-0.4, -0.2) is 16.0 Å². The van der Waals surface area contributed by atoms with Crippen molar-refractivity contribution in [3.8, 4) is 0 Å². The highest BCUT2D eigenvalue weighted by molar-refractivity contribution is 5.66. The highest BCUT2D eigenvalue weighted by Gasteiger charge is 2.07. The van der Waals surface area contributed by atoms with E-state index in [1.807, 2.05) is 12.2 Å². The Labute approximate surface area is 139 Å². The van der Waals surface area contributed by atoms with Gasteiger partial charge in [0.05, 0.1) is 11.3 Å². The van der Waals surface area contributed by atoms with Gasteiger partial charge in [-0.1, -0.05) is 51.2 Å². The molecule has 0 aromatic carbocycles. The van der Waals surface area contributed by atoms with Crippen molar-refractivity contribution >= 4 is 5.97 Å². The van der Waals surface area contributed by atoms with Crippen molar-refractivity contribution in [3.05, 3.63) is 34.0 Å². The van der Waals surface area contributed by atoms with Crippen molar-refractivity contribution in [2.24, 2.45) is 0 Å². The zero-order valence-electron chi connectivity index (χ0n) is 14.3. The molecule has 23 heavy (non-hydrogen) atoms. The molecule has 1 N–H and O–H groups in total. The van der Waals surface area contributed by atoms with Gasteiger partial charge < -0.3 is 5.11 Å². The zero-order chi connectivity index (χ0) is 17.3. The number of allylic oxidation sites excluding steroid dienone is 3. The number of carbonyl (C=O) groups is 1. The Bertz CT molecular complexity index is 388. The van der Waals surface area contributed by atoms with Gasteiger partial charge in [-0.25, -0.2) is 0 Å². The summed E-state index contributed by atoms with van der Waals surface area (Å²) in [5, 5.41) is 19.5. The Morgan fingerprint density at radius 3 is 2.30 bits per heavy atom. The molecule has 0 unspecified atom stereocenters. The van der Waals surface area contributed by atoms with Gasteiger partial charge in [-0.2, -0.15) is 0 Å². The Kier molecular flexibility index (Phi) is 14.2. The fraction of sp³-hybridized carbons (Fsp3) is 0.722. The van der Waals surface area contributed by atoms with Crippen molar-refractivity contribution in [3.63, 3.8) is 0 Å². The maximum Gasteiger partial charge on any atom is 0.303 e. The summed E-state index contributed by atoms with van der Waals surface area (Å²) in [4.78, 5) is 21.1. The lowest BCUT2D eigenvalue weighted by Gasteiger charge is -1.99. The van der Waals surface area contributed by atoms with Gasteiger partial charge in [0.2, 0.25) is 5.70 Å². The first-order valence-electron chi connectivity index (χ1n) is 8.78. The van der Waals surface area contributed by atoms with Crippen LogP contribution in [0.15, 0.2) is 23.9 Å². The maximum absolute atomic E-state index is 11.0. The molecule has 132 valence electrons. The summed E-state index contributed by atoms with van der Waals surface area (Å²) >= 11 is 0. The number of nitrogens with zero attached hydrogens (tertiary/aromatic N) is 1. The average Bonchev–Trinajstić information content (AvgIpc) is 2.50. The number of hydrogen-bond donors (Lipinski definition) is 1. The second kappa shape index (κ2) is 15.3. The molecule has 0 bridgehead atoms. The van der Waals surface area contributed by atoms with Gasteiger partial charge in [-0.05, 0) is 38.2 Å². The van der Waals surface area contributed by atoms with Gasteiger partial charge in [0.15, 0.2) is 0 Å².